The van der Waals surface area contributed by atoms with E-state index in [4.69, 9.17) is 0 Å². The minimum Gasteiger partial charge on any atom is -0.301 e. The van der Waals surface area contributed by atoms with Crippen molar-refractivity contribution in [2.75, 3.05) is 4.72 Å². The highest BCUT2D eigenvalue weighted by Crippen LogP contribution is 2.34. The molecule has 1 N–H and O–H groups in total. The first-order valence-electron chi connectivity index (χ1n) is 8.53. The number of benzene rings is 3. The van der Waals surface area contributed by atoms with Crippen LogP contribution in [0.5, 0.6) is 0 Å². The molecule has 0 aliphatic heterocycles. The Morgan fingerprint density at radius 3 is 2.30 bits per heavy atom. The van der Waals surface area contributed by atoms with E-state index < -0.39 is 34.6 Å². The van der Waals surface area contributed by atoms with Gasteiger partial charge in [0.2, 0.25) is 5.82 Å². The fourth-order valence-corrected chi connectivity index (χ4v) is 3.87. The van der Waals surface area contributed by atoms with Crippen LogP contribution < -0.4 is 4.72 Å². The second kappa shape index (κ2) is 7.52. The number of fused-ring (bicyclic) bond motifs is 1. The molecule has 0 aliphatic carbocycles. The Bertz CT molecular complexity index is 1250. The highest BCUT2D eigenvalue weighted by atomic mass is 32.2. The normalized spacial score (nSPS) is 12.8. The number of para-hydroxylation sites is 2. The summed E-state index contributed by atoms with van der Waals surface area (Å²) in [6, 6.07) is 15.0. The van der Waals surface area contributed by atoms with Crippen molar-refractivity contribution in [1.29, 1.82) is 0 Å². The van der Waals surface area contributed by atoms with Gasteiger partial charge in [-0.2, -0.15) is 13.2 Å². The summed E-state index contributed by atoms with van der Waals surface area (Å²) in [6.45, 7) is 0. The molecule has 3 aromatic carbocycles. The summed E-state index contributed by atoms with van der Waals surface area (Å²) in [5.41, 5.74) is 0.897. The number of nitrogens with zero attached hydrogens (tertiary/aromatic N) is 2. The third kappa shape index (κ3) is 3.65. The van der Waals surface area contributed by atoms with Gasteiger partial charge in [-0.3, -0.25) is 4.57 Å². The first kappa shape index (κ1) is 20.0. The molecule has 0 saturated carbocycles. The van der Waals surface area contributed by atoms with E-state index in [2.05, 4.69) is 9.71 Å². The SMILES string of the molecule is O=S(Nc1ccc(-n2c(C(F)(F)F)nc3ccccc32)cc1)c1cccc(F)c1F. The molecular weight excluding hydrogens is 425 g/mol. The van der Waals surface area contributed by atoms with Crippen LogP contribution in [-0.2, 0) is 17.2 Å². The average molecular weight is 437 g/mol. The lowest BCUT2D eigenvalue weighted by Gasteiger charge is -2.13. The summed E-state index contributed by atoms with van der Waals surface area (Å²) >= 11 is 0. The van der Waals surface area contributed by atoms with Gasteiger partial charge < -0.3 is 4.72 Å². The summed E-state index contributed by atoms with van der Waals surface area (Å²) in [7, 11) is -2.10. The first-order chi connectivity index (χ1) is 14.3. The average Bonchev–Trinajstić information content (AvgIpc) is 3.11. The van der Waals surface area contributed by atoms with Crippen molar-refractivity contribution in [2.24, 2.45) is 0 Å². The van der Waals surface area contributed by atoms with Crippen LogP contribution in [0.15, 0.2) is 71.6 Å². The molecule has 0 bridgehead atoms. The Morgan fingerprint density at radius 1 is 0.900 bits per heavy atom. The first-order valence-corrected chi connectivity index (χ1v) is 9.68. The number of imidazole rings is 1. The molecule has 0 radical (unpaired) electrons. The molecule has 154 valence electrons. The van der Waals surface area contributed by atoms with E-state index in [1.54, 1.807) is 12.1 Å². The van der Waals surface area contributed by atoms with Crippen LogP contribution in [0.3, 0.4) is 0 Å². The number of hydrogen-bond acceptors (Lipinski definition) is 2. The monoisotopic (exact) mass is 437 g/mol. The number of nitrogens with one attached hydrogen (secondary N) is 1. The van der Waals surface area contributed by atoms with Crippen molar-refractivity contribution >= 4 is 27.7 Å². The maximum absolute atomic E-state index is 13.8. The van der Waals surface area contributed by atoms with Crippen LogP contribution in [0.25, 0.3) is 16.7 Å². The zero-order valence-corrected chi connectivity index (χ0v) is 15.8. The van der Waals surface area contributed by atoms with Gasteiger partial charge in [0.05, 0.1) is 15.9 Å². The lowest BCUT2D eigenvalue weighted by Crippen LogP contribution is -2.14. The number of rotatable bonds is 4. The van der Waals surface area contributed by atoms with E-state index in [-0.39, 0.29) is 27.3 Å². The molecule has 1 aromatic heterocycles. The summed E-state index contributed by atoms with van der Waals surface area (Å²) in [4.78, 5) is 3.31. The fraction of sp³-hybridized carbons (Fsp3) is 0.0500. The van der Waals surface area contributed by atoms with Gasteiger partial charge in [-0.25, -0.2) is 18.0 Å². The number of anilines is 1. The second-order valence-corrected chi connectivity index (χ2v) is 7.41. The molecule has 0 amide bonds. The summed E-state index contributed by atoms with van der Waals surface area (Å²) in [5.74, 6) is -3.45. The Kier molecular flexibility index (Phi) is 5.02. The number of alkyl halides is 3. The predicted octanol–water partition coefficient (Wildman–Crippen LogP) is 5.46. The largest absolute Gasteiger partial charge is 0.450 e. The molecule has 0 fully saturated rings. The highest BCUT2D eigenvalue weighted by molar-refractivity contribution is 7.86. The summed E-state index contributed by atoms with van der Waals surface area (Å²) in [6.07, 6.45) is -4.67. The van der Waals surface area contributed by atoms with E-state index in [0.717, 1.165) is 10.6 Å². The molecule has 4 nitrogen and oxygen atoms in total. The Balaban J connectivity index is 1.68. The Morgan fingerprint density at radius 2 is 1.60 bits per heavy atom. The van der Waals surface area contributed by atoms with E-state index in [1.165, 1.54) is 48.5 Å². The third-order valence-electron chi connectivity index (χ3n) is 4.27. The Labute approximate surface area is 169 Å². The van der Waals surface area contributed by atoms with Gasteiger partial charge >= 0.3 is 6.18 Å². The smallest absolute Gasteiger partial charge is 0.301 e. The standard InChI is InChI=1S/C20H12F5N3OS/c21-14-4-3-7-17(18(14)22)30(29)27-12-8-10-13(11-9-12)28-16-6-2-1-5-15(16)26-19(28)20(23,24)25/h1-11,27H. The summed E-state index contributed by atoms with van der Waals surface area (Å²) < 4.78 is 83.3. The molecule has 1 atom stereocenters. The van der Waals surface area contributed by atoms with Gasteiger partial charge in [0.15, 0.2) is 22.6 Å². The van der Waals surface area contributed by atoms with Gasteiger partial charge in [0, 0.05) is 11.4 Å². The molecule has 4 aromatic rings. The van der Waals surface area contributed by atoms with Gasteiger partial charge in [0.25, 0.3) is 0 Å². The minimum atomic E-state index is -4.67. The van der Waals surface area contributed by atoms with Crippen LogP contribution in [0, 0.1) is 11.6 Å². The molecule has 0 aliphatic rings. The molecule has 4 rings (SSSR count). The van der Waals surface area contributed by atoms with E-state index >= 15 is 0 Å². The van der Waals surface area contributed by atoms with Crippen molar-refractivity contribution in [1.82, 2.24) is 9.55 Å². The van der Waals surface area contributed by atoms with Crippen LogP contribution >= 0.6 is 0 Å². The third-order valence-corrected chi connectivity index (χ3v) is 5.40. The lowest BCUT2D eigenvalue weighted by atomic mass is 10.2. The maximum atomic E-state index is 13.8. The molecule has 10 heteroatoms. The molecule has 30 heavy (non-hydrogen) atoms. The highest BCUT2D eigenvalue weighted by Gasteiger charge is 2.38. The molecular formula is C20H12F5N3OS. The van der Waals surface area contributed by atoms with Gasteiger partial charge in [-0.15, -0.1) is 0 Å². The number of aromatic nitrogens is 2. The Hall–Kier alpha value is -3.27. The van der Waals surface area contributed by atoms with Crippen LogP contribution in [0.2, 0.25) is 0 Å². The quantitative estimate of drug-likeness (QED) is 0.431. The summed E-state index contributed by atoms with van der Waals surface area (Å²) in [5, 5.41) is 0. The molecule has 0 saturated heterocycles. The van der Waals surface area contributed by atoms with Crippen molar-refractivity contribution in [2.45, 2.75) is 11.1 Å². The van der Waals surface area contributed by atoms with Crippen molar-refractivity contribution in [3.8, 4) is 5.69 Å². The fourth-order valence-electron chi connectivity index (χ4n) is 2.95. The zero-order valence-electron chi connectivity index (χ0n) is 15.0. The van der Waals surface area contributed by atoms with Crippen LogP contribution in [0.1, 0.15) is 5.82 Å². The number of halogens is 5. The van der Waals surface area contributed by atoms with Crippen molar-refractivity contribution < 1.29 is 26.2 Å². The van der Waals surface area contributed by atoms with Crippen molar-refractivity contribution in [3.05, 3.63) is 84.2 Å². The van der Waals surface area contributed by atoms with Gasteiger partial charge in [-0.05, 0) is 48.5 Å². The van der Waals surface area contributed by atoms with Gasteiger partial charge in [0.1, 0.15) is 0 Å². The van der Waals surface area contributed by atoms with Crippen molar-refractivity contribution in [3.63, 3.8) is 0 Å². The second-order valence-electron chi connectivity index (χ2n) is 6.23. The van der Waals surface area contributed by atoms with Crippen LogP contribution in [0.4, 0.5) is 27.6 Å². The topological polar surface area (TPSA) is 46.9 Å². The van der Waals surface area contributed by atoms with E-state index in [0.29, 0.717) is 0 Å². The van der Waals surface area contributed by atoms with E-state index in [9.17, 15) is 26.2 Å². The number of hydrogen-bond donors (Lipinski definition) is 1. The molecule has 0 spiro atoms. The molecule has 1 heterocycles. The lowest BCUT2D eigenvalue weighted by molar-refractivity contribution is -0.145. The molecule has 1 unspecified atom stereocenters. The zero-order chi connectivity index (χ0) is 21.5. The van der Waals surface area contributed by atoms with E-state index in [1.807, 2.05) is 0 Å². The van der Waals surface area contributed by atoms with Gasteiger partial charge in [-0.1, -0.05) is 18.2 Å². The predicted molar refractivity (Wildman–Crippen MR) is 102 cm³/mol. The maximum Gasteiger partial charge on any atom is 0.450 e. The van der Waals surface area contributed by atoms with Crippen LogP contribution in [-0.4, -0.2) is 13.8 Å². The minimum absolute atomic E-state index is 0.185.